The molecule has 114 valence electrons. The molecule has 2 rings (SSSR count). The number of aromatic nitrogens is 1. The third-order valence-corrected chi connectivity index (χ3v) is 5.38. The van der Waals surface area contributed by atoms with Gasteiger partial charge >= 0.3 is 0 Å². The van der Waals surface area contributed by atoms with Gasteiger partial charge in [-0.05, 0) is 24.8 Å². The molecule has 0 saturated carbocycles. The van der Waals surface area contributed by atoms with E-state index < -0.39 is 0 Å². The Balaban J connectivity index is 1.77. The molecule has 0 amide bonds. The van der Waals surface area contributed by atoms with Crippen molar-refractivity contribution in [2.24, 2.45) is 4.99 Å². The molecule has 1 atom stereocenters. The Morgan fingerprint density at radius 1 is 1.48 bits per heavy atom. The summed E-state index contributed by atoms with van der Waals surface area (Å²) < 4.78 is 0. The predicted octanol–water partition coefficient (Wildman–Crippen LogP) is 3.24. The van der Waals surface area contributed by atoms with Gasteiger partial charge in [-0.2, -0.15) is 0 Å². The first-order chi connectivity index (χ1) is 10.2. The SMILES string of the molecule is CCc1cnc(CCNC(=NC)NC(C)c2cccs2)s1. The van der Waals surface area contributed by atoms with Crippen LogP contribution in [-0.4, -0.2) is 24.5 Å². The number of thiazole rings is 1. The van der Waals surface area contributed by atoms with Gasteiger partial charge in [0.25, 0.3) is 0 Å². The lowest BCUT2D eigenvalue weighted by molar-refractivity contribution is 0.695. The van der Waals surface area contributed by atoms with Crippen molar-refractivity contribution in [2.45, 2.75) is 32.7 Å². The molecule has 0 saturated heterocycles. The lowest BCUT2D eigenvalue weighted by atomic mass is 10.3. The van der Waals surface area contributed by atoms with Gasteiger partial charge in [0.2, 0.25) is 0 Å². The van der Waals surface area contributed by atoms with Crippen LogP contribution in [0.4, 0.5) is 0 Å². The lowest BCUT2D eigenvalue weighted by Crippen LogP contribution is -2.39. The van der Waals surface area contributed by atoms with E-state index in [2.05, 4.69) is 52.0 Å². The van der Waals surface area contributed by atoms with Crippen LogP contribution in [-0.2, 0) is 12.8 Å². The number of nitrogens with one attached hydrogen (secondary N) is 2. The largest absolute Gasteiger partial charge is 0.356 e. The fourth-order valence-corrected chi connectivity index (χ4v) is 3.52. The van der Waals surface area contributed by atoms with Crippen LogP contribution in [0.3, 0.4) is 0 Å². The fraction of sp³-hybridized carbons (Fsp3) is 0.467. The first kappa shape index (κ1) is 16.0. The van der Waals surface area contributed by atoms with E-state index in [4.69, 9.17) is 0 Å². The van der Waals surface area contributed by atoms with E-state index in [1.807, 2.05) is 6.20 Å². The van der Waals surface area contributed by atoms with Crippen molar-refractivity contribution in [3.63, 3.8) is 0 Å². The highest BCUT2D eigenvalue weighted by molar-refractivity contribution is 7.11. The molecule has 0 aliphatic carbocycles. The summed E-state index contributed by atoms with van der Waals surface area (Å²) in [4.78, 5) is 11.4. The molecule has 1 unspecified atom stereocenters. The second kappa shape index (κ2) is 8.14. The zero-order valence-electron chi connectivity index (χ0n) is 12.7. The molecule has 2 aromatic heterocycles. The second-order valence-electron chi connectivity index (χ2n) is 4.70. The van der Waals surface area contributed by atoms with Crippen molar-refractivity contribution in [2.75, 3.05) is 13.6 Å². The van der Waals surface area contributed by atoms with Crippen LogP contribution in [0.5, 0.6) is 0 Å². The molecular formula is C15H22N4S2. The highest BCUT2D eigenvalue weighted by atomic mass is 32.1. The quantitative estimate of drug-likeness (QED) is 0.634. The summed E-state index contributed by atoms with van der Waals surface area (Å²) in [7, 11) is 1.80. The standard InChI is InChI=1S/C15H22N4S2/c1-4-12-10-18-14(21-12)7-8-17-15(16-3)19-11(2)13-6-5-9-20-13/h5-6,9-11H,4,7-8H2,1-3H3,(H2,16,17,19). The summed E-state index contributed by atoms with van der Waals surface area (Å²) in [6, 6.07) is 4.47. The minimum Gasteiger partial charge on any atom is -0.356 e. The second-order valence-corrected chi connectivity index (χ2v) is 6.88. The van der Waals surface area contributed by atoms with Crippen LogP contribution in [0.25, 0.3) is 0 Å². The van der Waals surface area contributed by atoms with Crippen LogP contribution >= 0.6 is 22.7 Å². The van der Waals surface area contributed by atoms with Gasteiger partial charge in [-0.3, -0.25) is 4.99 Å². The molecule has 6 heteroatoms. The molecule has 0 radical (unpaired) electrons. The monoisotopic (exact) mass is 322 g/mol. The average Bonchev–Trinajstić information content (AvgIpc) is 3.17. The van der Waals surface area contributed by atoms with Crippen LogP contribution in [0, 0.1) is 0 Å². The van der Waals surface area contributed by atoms with E-state index in [9.17, 15) is 0 Å². The maximum absolute atomic E-state index is 4.43. The van der Waals surface area contributed by atoms with Gasteiger partial charge in [-0.15, -0.1) is 22.7 Å². The summed E-state index contributed by atoms with van der Waals surface area (Å²) in [5.74, 6) is 0.836. The van der Waals surface area contributed by atoms with Gasteiger partial charge in [0.1, 0.15) is 0 Å². The fourth-order valence-electron chi connectivity index (χ4n) is 1.92. The zero-order valence-corrected chi connectivity index (χ0v) is 14.4. The molecule has 0 aliphatic heterocycles. The number of guanidine groups is 1. The van der Waals surface area contributed by atoms with Gasteiger partial charge in [0.05, 0.1) is 11.0 Å². The summed E-state index contributed by atoms with van der Waals surface area (Å²) in [5.41, 5.74) is 0. The highest BCUT2D eigenvalue weighted by Crippen LogP contribution is 2.17. The topological polar surface area (TPSA) is 49.3 Å². The Labute approximate surface area is 134 Å². The predicted molar refractivity (Wildman–Crippen MR) is 92.4 cm³/mol. The summed E-state index contributed by atoms with van der Waals surface area (Å²) in [6.45, 7) is 5.15. The first-order valence-electron chi connectivity index (χ1n) is 7.17. The van der Waals surface area contributed by atoms with Crippen LogP contribution in [0.15, 0.2) is 28.7 Å². The van der Waals surface area contributed by atoms with Gasteiger partial charge in [-0.1, -0.05) is 13.0 Å². The number of aryl methyl sites for hydroxylation is 1. The molecule has 2 aromatic rings. The number of thiophene rings is 1. The maximum atomic E-state index is 4.43. The highest BCUT2D eigenvalue weighted by Gasteiger charge is 2.08. The van der Waals surface area contributed by atoms with E-state index in [-0.39, 0.29) is 6.04 Å². The number of nitrogens with zero attached hydrogens (tertiary/aromatic N) is 2. The van der Waals surface area contributed by atoms with Gasteiger partial charge in [-0.25, -0.2) is 4.98 Å². The molecule has 0 fully saturated rings. The summed E-state index contributed by atoms with van der Waals surface area (Å²) in [5, 5.41) is 10.0. The molecule has 21 heavy (non-hydrogen) atoms. The molecular weight excluding hydrogens is 300 g/mol. The normalized spacial score (nSPS) is 13.2. The molecule has 2 N–H and O–H groups in total. The van der Waals surface area contributed by atoms with Crippen LogP contribution in [0.2, 0.25) is 0 Å². The van der Waals surface area contributed by atoms with Crippen molar-refractivity contribution >= 4 is 28.6 Å². The van der Waals surface area contributed by atoms with Gasteiger partial charge in [0, 0.05) is 36.0 Å². The Hall–Kier alpha value is -1.40. The number of rotatable bonds is 6. The Kier molecular flexibility index (Phi) is 6.20. The average molecular weight is 323 g/mol. The maximum Gasteiger partial charge on any atom is 0.191 e. The zero-order chi connectivity index (χ0) is 15.1. The van der Waals surface area contributed by atoms with Gasteiger partial charge < -0.3 is 10.6 Å². The third-order valence-electron chi connectivity index (χ3n) is 3.13. The van der Waals surface area contributed by atoms with E-state index in [1.54, 1.807) is 29.7 Å². The number of hydrogen-bond acceptors (Lipinski definition) is 4. The van der Waals surface area contributed by atoms with E-state index in [0.717, 1.165) is 25.3 Å². The number of aliphatic imine (C=N–C) groups is 1. The Morgan fingerprint density at radius 2 is 2.33 bits per heavy atom. The van der Waals surface area contributed by atoms with Crippen LogP contribution < -0.4 is 10.6 Å². The lowest BCUT2D eigenvalue weighted by Gasteiger charge is -2.16. The van der Waals surface area contributed by atoms with Crippen molar-refractivity contribution in [3.8, 4) is 0 Å². The summed E-state index contributed by atoms with van der Waals surface area (Å²) >= 11 is 3.55. The molecule has 0 bridgehead atoms. The van der Waals surface area contributed by atoms with Crippen LogP contribution in [0.1, 0.15) is 34.7 Å². The molecule has 0 spiro atoms. The minimum absolute atomic E-state index is 0.266. The summed E-state index contributed by atoms with van der Waals surface area (Å²) in [6.07, 6.45) is 3.97. The van der Waals surface area contributed by atoms with E-state index in [1.165, 1.54) is 14.8 Å². The molecule has 4 nitrogen and oxygen atoms in total. The third kappa shape index (κ3) is 4.82. The Morgan fingerprint density at radius 3 is 2.95 bits per heavy atom. The van der Waals surface area contributed by atoms with Gasteiger partial charge in [0.15, 0.2) is 5.96 Å². The Bertz CT molecular complexity index is 560. The van der Waals surface area contributed by atoms with E-state index >= 15 is 0 Å². The smallest absolute Gasteiger partial charge is 0.191 e. The minimum atomic E-state index is 0.266. The van der Waals surface area contributed by atoms with Crippen molar-refractivity contribution in [1.29, 1.82) is 0 Å². The van der Waals surface area contributed by atoms with E-state index in [0.29, 0.717) is 0 Å². The molecule has 0 aromatic carbocycles. The molecule has 2 heterocycles. The van der Waals surface area contributed by atoms with Crippen molar-refractivity contribution in [1.82, 2.24) is 15.6 Å². The van der Waals surface area contributed by atoms with Crippen molar-refractivity contribution < 1.29 is 0 Å². The number of hydrogen-bond donors (Lipinski definition) is 2. The molecule has 0 aliphatic rings. The first-order valence-corrected chi connectivity index (χ1v) is 8.86. The van der Waals surface area contributed by atoms with Crippen molar-refractivity contribution in [3.05, 3.63) is 38.5 Å².